The van der Waals surface area contributed by atoms with Crippen molar-refractivity contribution < 1.29 is 16.1 Å². The van der Waals surface area contributed by atoms with Crippen LogP contribution < -0.4 is 16.2 Å². The van der Waals surface area contributed by atoms with Gasteiger partial charge in [0.25, 0.3) is 5.91 Å². The van der Waals surface area contributed by atoms with Crippen LogP contribution >= 0.6 is 0 Å². The van der Waals surface area contributed by atoms with E-state index in [2.05, 4.69) is 73.9 Å². The Morgan fingerprint density at radius 3 is 1.69 bits per heavy atom. The van der Waals surface area contributed by atoms with Gasteiger partial charge in [-0.1, -0.05) is 59.7 Å². The van der Waals surface area contributed by atoms with Crippen LogP contribution in [-0.4, -0.2) is 31.9 Å². The van der Waals surface area contributed by atoms with Gasteiger partial charge in [-0.3, -0.25) is 19.4 Å². The van der Waals surface area contributed by atoms with Crippen molar-refractivity contribution in [3.63, 3.8) is 0 Å². The van der Waals surface area contributed by atoms with Crippen LogP contribution in [0.4, 0.5) is 0 Å². The van der Waals surface area contributed by atoms with Crippen molar-refractivity contribution >= 4 is 33.7 Å². The summed E-state index contributed by atoms with van der Waals surface area (Å²) in [4.78, 5) is 59.3. The Morgan fingerprint density at radius 1 is 0.776 bits per heavy atom. The number of hydrogen-bond donors (Lipinski definition) is 4. The summed E-state index contributed by atoms with van der Waals surface area (Å²) in [6.07, 6.45) is 6.38. The number of benzene rings is 2. The second kappa shape index (κ2) is 12.8. The Bertz CT molecular complexity index is 2200. The molecule has 0 spiro atoms. The highest BCUT2D eigenvalue weighted by Crippen LogP contribution is 2.44. The normalized spacial score (nSPS) is 14.7. The van der Waals surface area contributed by atoms with Gasteiger partial charge in [0.15, 0.2) is 10.9 Å². The maximum absolute atomic E-state index is 12.8. The SMILES string of the molecule is CC(C)(C)c1cc(C2CC2)cc2c(=O)cc(C(=O)NCc3ccccn3)[nH]c12.CC(C)(C)c1cc(C2CC2)cc2c(=O)cc(C(=O)O)[nH]c12.[2HH]. The van der Waals surface area contributed by atoms with Crippen LogP contribution in [0, 0.1) is 0 Å². The second-order valence-electron chi connectivity index (χ2n) is 15.4. The van der Waals surface area contributed by atoms with Crippen molar-refractivity contribution in [2.24, 2.45) is 0 Å². The van der Waals surface area contributed by atoms with E-state index in [0.717, 1.165) is 22.3 Å². The Balaban J connectivity index is 0.000000198. The highest BCUT2D eigenvalue weighted by molar-refractivity contribution is 5.96. The van der Waals surface area contributed by atoms with Crippen LogP contribution in [0.1, 0.15) is 129 Å². The standard InChI is InChI=1S/C23H25N3O2.C17H19NO3.H2/c1-23(2,3)18-11-15(14-7-8-14)10-17-20(27)12-19(26-21(17)18)22(28)25-13-16-6-4-5-9-24-16;1-17(2,3)12-7-10(9-4-5-9)6-11-14(19)8-13(16(20)21)18-15(11)12;/h4-6,9-12,14H,7-8,13H2,1-3H3,(H,25,28)(H,26,27);6-9H,4-5H2,1-3H3,(H,18,19)(H,20,21);1H/i;;1+1. The molecule has 1 amide bonds. The molecular formula is C40H46N4O5. The number of rotatable bonds is 6. The van der Waals surface area contributed by atoms with E-state index in [0.29, 0.717) is 34.7 Å². The van der Waals surface area contributed by atoms with Gasteiger partial charge in [-0.2, -0.15) is 0 Å². The molecule has 0 radical (unpaired) electrons. The summed E-state index contributed by atoms with van der Waals surface area (Å²) in [7, 11) is 0. The number of carboxylic acids is 1. The molecule has 3 aromatic heterocycles. The molecule has 0 aliphatic heterocycles. The topological polar surface area (TPSA) is 145 Å². The monoisotopic (exact) mass is 663 g/mol. The molecule has 2 aliphatic rings. The molecule has 5 aromatic rings. The third kappa shape index (κ3) is 7.51. The van der Waals surface area contributed by atoms with E-state index in [1.807, 2.05) is 30.3 Å². The van der Waals surface area contributed by atoms with Crippen LogP contribution in [0.15, 0.2) is 70.4 Å². The highest BCUT2D eigenvalue weighted by atomic mass is 16.4. The molecule has 9 heteroatoms. The molecule has 2 aromatic carbocycles. The Kier molecular flexibility index (Phi) is 8.81. The lowest BCUT2D eigenvalue weighted by atomic mass is 9.83. The van der Waals surface area contributed by atoms with Crippen LogP contribution in [-0.2, 0) is 17.4 Å². The van der Waals surface area contributed by atoms with E-state index in [-0.39, 0.29) is 40.4 Å². The van der Waals surface area contributed by atoms with Gasteiger partial charge in [-0.25, -0.2) is 4.79 Å². The van der Waals surface area contributed by atoms with Crippen LogP contribution in [0.25, 0.3) is 21.8 Å². The summed E-state index contributed by atoms with van der Waals surface area (Å²) in [5, 5.41) is 13.2. The first-order valence-corrected chi connectivity index (χ1v) is 16.9. The van der Waals surface area contributed by atoms with Gasteiger partial charge in [0, 0.05) is 30.5 Å². The number of amides is 1. The second-order valence-corrected chi connectivity index (χ2v) is 15.4. The molecule has 0 atom stereocenters. The van der Waals surface area contributed by atoms with Gasteiger partial charge >= 0.3 is 5.97 Å². The Hall–Kier alpha value is -5.05. The van der Waals surface area contributed by atoms with E-state index in [1.165, 1.54) is 48.9 Å². The summed E-state index contributed by atoms with van der Waals surface area (Å²) >= 11 is 0. The lowest BCUT2D eigenvalue weighted by molar-refractivity contribution is 0.0690. The average Bonchev–Trinajstić information content (AvgIpc) is 3.96. The van der Waals surface area contributed by atoms with E-state index in [4.69, 9.17) is 5.11 Å². The number of aromatic carboxylic acids is 1. The predicted octanol–water partition coefficient (Wildman–Crippen LogP) is 7.68. The first-order chi connectivity index (χ1) is 23.1. The minimum absolute atomic E-state index is 0. The van der Waals surface area contributed by atoms with Gasteiger partial charge < -0.3 is 20.4 Å². The van der Waals surface area contributed by atoms with Gasteiger partial charge in [0.05, 0.1) is 23.3 Å². The van der Waals surface area contributed by atoms with Crippen molar-refractivity contribution in [2.45, 2.75) is 96.4 Å². The van der Waals surface area contributed by atoms with Crippen molar-refractivity contribution in [3.8, 4) is 0 Å². The smallest absolute Gasteiger partial charge is 0.352 e. The van der Waals surface area contributed by atoms with Crippen molar-refractivity contribution in [3.05, 3.63) is 121 Å². The molecule has 49 heavy (non-hydrogen) atoms. The number of carbonyl (C=O) groups excluding carboxylic acids is 1. The lowest BCUT2D eigenvalue weighted by Crippen LogP contribution is -2.26. The van der Waals surface area contributed by atoms with Gasteiger partial charge in [-0.15, -0.1) is 0 Å². The van der Waals surface area contributed by atoms with Gasteiger partial charge in [0.2, 0.25) is 0 Å². The lowest BCUT2D eigenvalue weighted by Gasteiger charge is -2.22. The molecule has 4 N–H and O–H groups in total. The molecule has 3 heterocycles. The Morgan fingerprint density at radius 2 is 1.27 bits per heavy atom. The van der Waals surface area contributed by atoms with Crippen molar-refractivity contribution in [1.29, 1.82) is 0 Å². The van der Waals surface area contributed by atoms with Crippen molar-refractivity contribution in [2.75, 3.05) is 0 Å². The number of carboxylic acid groups (broad SMARTS) is 1. The van der Waals surface area contributed by atoms with E-state index >= 15 is 0 Å². The maximum Gasteiger partial charge on any atom is 0.352 e. The first-order valence-electron chi connectivity index (χ1n) is 16.9. The fourth-order valence-corrected chi connectivity index (χ4v) is 6.24. The molecule has 2 saturated carbocycles. The number of nitrogens with one attached hydrogen (secondary N) is 3. The zero-order chi connectivity index (χ0) is 35.2. The summed E-state index contributed by atoms with van der Waals surface area (Å²) in [5.74, 6) is -0.309. The third-order valence-corrected chi connectivity index (χ3v) is 9.27. The molecule has 0 bridgehead atoms. The largest absolute Gasteiger partial charge is 0.477 e. The fraction of sp³-hybridized carbons (Fsp3) is 0.375. The number of hydrogen-bond acceptors (Lipinski definition) is 5. The predicted molar refractivity (Wildman–Crippen MR) is 195 cm³/mol. The summed E-state index contributed by atoms with van der Waals surface area (Å²) in [5.41, 5.74) is 6.24. The van der Waals surface area contributed by atoms with Gasteiger partial charge in [0.1, 0.15) is 11.4 Å². The number of carbonyl (C=O) groups is 2. The van der Waals surface area contributed by atoms with Crippen LogP contribution in [0.2, 0.25) is 0 Å². The molecule has 0 unspecified atom stereocenters. The fourth-order valence-electron chi connectivity index (χ4n) is 6.24. The molecule has 2 aliphatic carbocycles. The first kappa shape index (κ1) is 33.8. The minimum Gasteiger partial charge on any atom is -0.477 e. The number of nitrogens with zero attached hydrogens (tertiary/aromatic N) is 1. The van der Waals surface area contributed by atoms with Crippen molar-refractivity contribution in [1.82, 2.24) is 20.3 Å². The number of pyridine rings is 3. The molecule has 7 rings (SSSR count). The molecule has 9 nitrogen and oxygen atoms in total. The van der Waals surface area contributed by atoms with Crippen LogP contribution in [0.3, 0.4) is 0 Å². The van der Waals surface area contributed by atoms with Gasteiger partial charge in [-0.05, 0) is 94.9 Å². The Labute approximate surface area is 286 Å². The zero-order valence-corrected chi connectivity index (χ0v) is 29.0. The number of aromatic amines is 2. The van der Waals surface area contributed by atoms with Crippen LogP contribution in [0.5, 0.6) is 0 Å². The number of aromatic nitrogens is 3. The van der Waals surface area contributed by atoms with E-state index < -0.39 is 5.97 Å². The van der Waals surface area contributed by atoms with E-state index in [9.17, 15) is 19.2 Å². The summed E-state index contributed by atoms with van der Waals surface area (Å²) < 4.78 is 0. The third-order valence-electron chi connectivity index (χ3n) is 9.27. The molecule has 0 saturated heterocycles. The zero-order valence-electron chi connectivity index (χ0n) is 29.0. The minimum atomic E-state index is -1.11. The quantitative estimate of drug-likeness (QED) is 0.147. The summed E-state index contributed by atoms with van der Waals surface area (Å²) in [6.45, 7) is 12.9. The number of H-pyrrole nitrogens is 2. The average molecular weight is 664 g/mol. The highest BCUT2D eigenvalue weighted by Gasteiger charge is 2.29. The number of fused-ring (bicyclic) bond motifs is 2. The molecule has 256 valence electrons. The maximum atomic E-state index is 12.8. The summed E-state index contributed by atoms with van der Waals surface area (Å²) in [6, 6.07) is 16.4. The molecular weight excluding hydrogens is 616 g/mol. The van der Waals surface area contributed by atoms with E-state index in [1.54, 1.807) is 6.20 Å². The molecule has 2 fully saturated rings.